The Hall–Kier alpha value is -1.78. The van der Waals surface area contributed by atoms with Gasteiger partial charge in [0.25, 0.3) is 0 Å². The number of hydrogen-bond acceptors (Lipinski definition) is 4. The van der Waals surface area contributed by atoms with Crippen LogP contribution < -0.4 is 5.32 Å². The molecule has 21 heavy (non-hydrogen) atoms. The van der Waals surface area contributed by atoms with Gasteiger partial charge >= 0.3 is 12.1 Å². The van der Waals surface area contributed by atoms with Crippen LogP contribution in [0, 0.1) is 0 Å². The molecule has 0 heterocycles. The number of ether oxygens (including phenoxy) is 2. The van der Waals surface area contributed by atoms with Crippen LogP contribution in [0.25, 0.3) is 0 Å². The molecular weight excluding hydrogens is 270 g/mol. The fraction of sp³-hybridized carbons (Fsp3) is 0.625. The van der Waals surface area contributed by atoms with Gasteiger partial charge < -0.3 is 14.8 Å². The summed E-state index contributed by atoms with van der Waals surface area (Å²) in [6, 6.07) is -0.754. The second-order valence-electron chi connectivity index (χ2n) is 4.69. The molecule has 0 saturated carbocycles. The third-order valence-electron chi connectivity index (χ3n) is 2.80. The Morgan fingerprint density at radius 2 is 1.81 bits per heavy atom. The van der Waals surface area contributed by atoms with E-state index in [-0.39, 0.29) is 6.61 Å². The molecule has 5 nitrogen and oxygen atoms in total. The van der Waals surface area contributed by atoms with Crippen molar-refractivity contribution in [1.29, 1.82) is 0 Å². The number of esters is 1. The van der Waals surface area contributed by atoms with Gasteiger partial charge in [0, 0.05) is 0 Å². The lowest BCUT2D eigenvalue weighted by atomic mass is 10.2. The molecule has 0 aromatic carbocycles. The van der Waals surface area contributed by atoms with Gasteiger partial charge in [-0.05, 0) is 12.8 Å². The van der Waals surface area contributed by atoms with E-state index >= 15 is 0 Å². The molecule has 1 N–H and O–H groups in total. The highest BCUT2D eigenvalue weighted by Crippen LogP contribution is 2.04. The van der Waals surface area contributed by atoms with E-state index < -0.39 is 18.1 Å². The molecule has 0 spiro atoms. The molecule has 1 amide bonds. The van der Waals surface area contributed by atoms with E-state index in [1.165, 1.54) is 18.9 Å². The van der Waals surface area contributed by atoms with Crippen LogP contribution in [-0.2, 0) is 14.3 Å². The predicted octanol–water partition coefficient (Wildman–Crippen LogP) is 3.36. The van der Waals surface area contributed by atoms with Crippen molar-refractivity contribution >= 4 is 12.1 Å². The molecule has 0 radical (unpaired) electrons. The first-order valence-electron chi connectivity index (χ1n) is 7.47. The van der Waals surface area contributed by atoms with E-state index in [0.717, 1.165) is 19.3 Å². The molecule has 5 heteroatoms. The van der Waals surface area contributed by atoms with Crippen molar-refractivity contribution in [2.75, 3.05) is 13.2 Å². The van der Waals surface area contributed by atoms with E-state index in [1.807, 2.05) is 0 Å². The zero-order valence-electron chi connectivity index (χ0n) is 12.9. The van der Waals surface area contributed by atoms with Crippen LogP contribution in [0.4, 0.5) is 4.79 Å². The van der Waals surface area contributed by atoms with Gasteiger partial charge in [-0.25, -0.2) is 9.59 Å². The minimum absolute atomic E-state index is 0.0963. The van der Waals surface area contributed by atoms with Gasteiger partial charge in [-0.1, -0.05) is 51.3 Å². The molecule has 120 valence electrons. The SMILES string of the molecule is C=CCOC(=O)NC(CC=C)C(=O)OCCCCCCC. The van der Waals surface area contributed by atoms with Crippen LogP contribution in [0.3, 0.4) is 0 Å². The van der Waals surface area contributed by atoms with Gasteiger partial charge in [-0.3, -0.25) is 0 Å². The largest absolute Gasteiger partial charge is 0.464 e. The number of rotatable bonds is 12. The van der Waals surface area contributed by atoms with Gasteiger partial charge in [0.2, 0.25) is 0 Å². The molecule has 0 aromatic rings. The van der Waals surface area contributed by atoms with Crippen LogP contribution in [0.5, 0.6) is 0 Å². The van der Waals surface area contributed by atoms with Gasteiger partial charge in [-0.15, -0.1) is 6.58 Å². The first kappa shape index (κ1) is 19.2. The molecule has 0 saturated heterocycles. The molecule has 0 aromatic heterocycles. The Morgan fingerprint density at radius 1 is 1.10 bits per heavy atom. The summed E-state index contributed by atoms with van der Waals surface area (Å²) in [7, 11) is 0. The number of hydrogen-bond donors (Lipinski definition) is 1. The average Bonchev–Trinajstić information content (AvgIpc) is 2.48. The van der Waals surface area contributed by atoms with Crippen molar-refractivity contribution in [1.82, 2.24) is 5.32 Å². The number of unbranched alkanes of at least 4 members (excludes halogenated alkanes) is 4. The summed E-state index contributed by atoms with van der Waals surface area (Å²) >= 11 is 0. The Balaban J connectivity index is 4.02. The Morgan fingerprint density at radius 3 is 2.43 bits per heavy atom. The van der Waals surface area contributed by atoms with Gasteiger partial charge in [0.15, 0.2) is 0 Å². The first-order valence-corrected chi connectivity index (χ1v) is 7.47. The van der Waals surface area contributed by atoms with Crippen molar-refractivity contribution in [2.45, 2.75) is 51.5 Å². The maximum atomic E-state index is 11.9. The summed E-state index contributed by atoms with van der Waals surface area (Å²) in [5, 5.41) is 2.46. The Labute approximate surface area is 127 Å². The topological polar surface area (TPSA) is 64.6 Å². The second-order valence-corrected chi connectivity index (χ2v) is 4.69. The van der Waals surface area contributed by atoms with Crippen LogP contribution in [0.2, 0.25) is 0 Å². The molecular formula is C16H27NO4. The highest BCUT2D eigenvalue weighted by molar-refractivity contribution is 5.81. The average molecular weight is 297 g/mol. The molecule has 0 bridgehead atoms. The third kappa shape index (κ3) is 10.6. The summed E-state index contributed by atoms with van der Waals surface area (Å²) < 4.78 is 9.94. The molecule has 0 aliphatic rings. The molecule has 1 atom stereocenters. The maximum absolute atomic E-state index is 11.9. The summed E-state index contributed by atoms with van der Waals surface area (Å²) in [6.07, 6.45) is 8.06. The molecule has 0 rings (SSSR count). The number of nitrogens with one attached hydrogen (secondary N) is 1. The first-order chi connectivity index (χ1) is 10.2. The fourth-order valence-corrected chi connectivity index (χ4v) is 1.68. The summed E-state index contributed by atoms with van der Waals surface area (Å²) in [5.41, 5.74) is 0. The van der Waals surface area contributed by atoms with Crippen molar-refractivity contribution < 1.29 is 19.1 Å². The zero-order valence-corrected chi connectivity index (χ0v) is 12.9. The van der Waals surface area contributed by atoms with E-state index in [9.17, 15) is 9.59 Å². The predicted molar refractivity (Wildman–Crippen MR) is 83.0 cm³/mol. The van der Waals surface area contributed by atoms with E-state index in [1.54, 1.807) is 6.08 Å². The zero-order chi connectivity index (χ0) is 15.9. The van der Waals surface area contributed by atoms with Crippen LogP contribution >= 0.6 is 0 Å². The smallest absolute Gasteiger partial charge is 0.408 e. The lowest BCUT2D eigenvalue weighted by molar-refractivity contribution is -0.146. The molecule has 1 unspecified atom stereocenters. The van der Waals surface area contributed by atoms with Crippen LogP contribution in [-0.4, -0.2) is 31.3 Å². The highest BCUT2D eigenvalue weighted by atomic mass is 16.6. The minimum Gasteiger partial charge on any atom is -0.464 e. The van der Waals surface area contributed by atoms with E-state index in [0.29, 0.717) is 13.0 Å². The highest BCUT2D eigenvalue weighted by Gasteiger charge is 2.21. The number of alkyl carbamates (subject to hydrolysis) is 1. The lowest BCUT2D eigenvalue weighted by Crippen LogP contribution is -2.42. The van der Waals surface area contributed by atoms with Crippen molar-refractivity contribution in [3.8, 4) is 0 Å². The summed E-state index contributed by atoms with van der Waals surface area (Å²) in [5.74, 6) is -0.457. The van der Waals surface area contributed by atoms with Gasteiger partial charge in [0.05, 0.1) is 6.61 Å². The minimum atomic E-state index is -0.754. The normalized spacial score (nSPS) is 11.3. The number of carbonyl (C=O) groups excluding carboxylic acids is 2. The molecule has 0 aliphatic carbocycles. The standard InChI is InChI=1S/C16H27NO4/c1-4-7-8-9-10-13-20-15(18)14(11-5-2)17-16(19)21-12-6-3/h5-6,14H,2-4,7-13H2,1H3,(H,17,19). The fourth-order valence-electron chi connectivity index (χ4n) is 1.68. The maximum Gasteiger partial charge on any atom is 0.408 e. The van der Waals surface area contributed by atoms with Gasteiger partial charge in [0.1, 0.15) is 12.6 Å². The Kier molecular flexibility index (Phi) is 12.1. The van der Waals surface area contributed by atoms with Crippen molar-refractivity contribution in [2.24, 2.45) is 0 Å². The molecule has 0 fully saturated rings. The van der Waals surface area contributed by atoms with Crippen molar-refractivity contribution in [3.63, 3.8) is 0 Å². The van der Waals surface area contributed by atoms with Crippen LogP contribution in [0.15, 0.2) is 25.3 Å². The van der Waals surface area contributed by atoms with E-state index in [2.05, 4.69) is 25.4 Å². The quantitative estimate of drug-likeness (QED) is 0.341. The second kappa shape index (κ2) is 13.2. The number of amides is 1. The van der Waals surface area contributed by atoms with E-state index in [4.69, 9.17) is 9.47 Å². The number of carbonyl (C=O) groups is 2. The summed E-state index contributed by atoms with van der Waals surface area (Å²) in [6.45, 7) is 9.63. The summed E-state index contributed by atoms with van der Waals surface area (Å²) in [4.78, 5) is 23.3. The third-order valence-corrected chi connectivity index (χ3v) is 2.80. The van der Waals surface area contributed by atoms with Gasteiger partial charge in [-0.2, -0.15) is 0 Å². The monoisotopic (exact) mass is 297 g/mol. The van der Waals surface area contributed by atoms with Crippen LogP contribution in [0.1, 0.15) is 45.4 Å². The molecule has 0 aliphatic heterocycles. The Bertz CT molecular complexity index is 328. The lowest BCUT2D eigenvalue weighted by Gasteiger charge is -2.15. The van der Waals surface area contributed by atoms with Crippen molar-refractivity contribution in [3.05, 3.63) is 25.3 Å².